The molecule has 1 heterocycles. The number of tetrazole rings is 1. The summed E-state index contributed by atoms with van der Waals surface area (Å²) in [5, 5.41) is 20.8. The summed E-state index contributed by atoms with van der Waals surface area (Å²) in [5.74, 6) is -0.471. The summed E-state index contributed by atoms with van der Waals surface area (Å²) in [6.07, 6.45) is 1.39. The van der Waals surface area contributed by atoms with Gasteiger partial charge in [-0.3, -0.25) is 0 Å². The van der Waals surface area contributed by atoms with E-state index in [1.807, 2.05) is 0 Å². The van der Waals surface area contributed by atoms with Crippen molar-refractivity contribution in [1.82, 2.24) is 20.2 Å². The van der Waals surface area contributed by atoms with Crippen molar-refractivity contribution in [2.45, 2.75) is 0 Å². The first-order valence-corrected chi connectivity index (χ1v) is 6.92. The quantitative estimate of drug-likeness (QED) is 0.791. The Kier molecular flexibility index (Phi) is 3.94. The first kappa shape index (κ1) is 15.0. The Bertz CT molecular complexity index is 865. The molecule has 0 aliphatic rings. The fourth-order valence-electron chi connectivity index (χ4n) is 2.21. The molecule has 0 amide bonds. The highest BCUT2D eigenvalue weighted by atomic mass is 35.5. The number of nitrogens with zero attached hydrogens (tertiary/aromatic N) is 4. The Hall–Kier alpha value is -2.93. The predicted molar refractivity (Wildman–Crippen MR) is 83.1 cm³/mol. The van der Waals surface area contributed by atoms with E-state index in [2.05, 4.69) is 15.5 Å². The third-order valence-corrected chi connectivity index (χ3v) is 3.49. The molecule has 0 aliphatic carbocycles. The molecule has 0 atom stereocenters. The molecule has 8 heteroatoms. The highest BCUT2D eigenvalue weighted by Crippen LogP contribution is 2.34. The van der Waals surface area contributed by atoms with Crippen LogP contribution in [-0.2, 0) is 0 Å². The van der Waals surface area contributed by atoms with E-state index in [1.165, 1.54) is 24.2 Å². The van der Waals surface area contributed by atoms with Gasteiger partial charge in [-0.25, -0.2) is 9.48 Å². The lowest BCUT2D eigenvalue weighted by Crippen LogP contribution is -2.02. The fraction of sp³-hybridized carbons (Fsp3) is 0.0667. The Morgan fingerprint density at radius 1 is 1.26 bits per heavy atom. The van der Waals surface area contributed by atoms with E-state index >= 15 is 0 Å². The second kappa shape index (κ2) is 6.05. The highest BCUT2D eigenvalue weighted by Gasteiger charge is 2.13. The number of carboxylic acids is 1. The Balaban J connectivity index is 2.23. The molecule has 2 aromatic carbocycles. The molecule has 0 spiro atoms. The molecule has 0 saturated carbocycles. The van der Waals surface area contributed by atoms with E-state index in [9.17, 15) is 9.90 Å². The maximum absolute atomic E-state index is 11.4. The van der Waals surface area contributed by atoms with Crippen LogP contribution in [0.5, 0.6) is 5.75 Å². The van der Waals surface area contributed by atoms with Gasteiger partial charge >= 0.3 is 5.97 Å². The first-order chi connectivity index (χ1) is 11.1. The van der Waals surface area contributed by atoms with E-state index in [1.54, 1.807) is 30.3 Å². The van der Waals surface area contributed by atoms with Gasteiger partial charge in [0.25, 0.3) is 0 Å². The van der Waals surface area contributed by atoms with Crippen molar-refractivity contribution in [2.24, 2.45) is 0 Å². The van der Waals surface area contributed by atoms with Gasteiger partial charge in [0.05, 0.1) is 18.4 Å². The molecule has 1 aromatic heterocycles. The lowest BCUT2D eigenvalue weighted by Gasteiger charge is -2.11. The molecule has 7 nitrogen and oxygen atoms in total. The number of benzene rings is 2. The van der Waals surface area contributed by atoms with Crippen LogP contribution in [-0.4, -0.2) is 38.4 Å². The summed E-state index contributed by atoms with van der Waals surface area (Å²) in [4.78, 5) is 11.4. The van der Waals surface area contributed by atoms with Gasteiger partial charge in [-0.2, -0.15) is 0 Å². The highest BCUT2D eigenvalue weighted by molar-refractivity contribution is 6.31. The monoisotopic (exact) mass is 330 g/mol. The van der Waals surface area contributed by atoms with E-state index in [-0.39, 0.29) is 5.56 Å². The minimum absolute atomic E-state index is 0.107. The van der Waals surface area contributed by atoms with Crippen molar-refractivity contribution in [1.29, 1.82) is 0 Å². The zero-order valence-corrected chi connectivity index (χ0v) is 12.7. The zero-order chi connectivity index (χ0) is 16.4. The Morgan fingerprint density at radius 3 is 2.74 bits per heavy atom. The number of aromatic carboxylic acids is 1. The van der Waals surface area contributed by atoms with Crippen LogP contribution in [0.3, 0.4) is 0 Å². The van der Waals surface area contributed by atoms with E-state index in [0.717, 1.165) is 0 Å². The van der Waals surface area contributed by atoms with Crippen LogP contribution in [0, 0.1) is 0 Å². The van der Waals surface area contributed by atoms with Crippen molar-refractivity contribution in [3.63, 3.8) is 0 Å². The number of hydrogen-bond donors (Lipinski definition) is 1. The maximum atomic E-state index is 11.4. The number of carbonyl (C=O) groups is 1. The molecule has 0 bridgehead atoms. The first-order valence-electron chi connectivity index (χ1n) is 6.54. The molecule has 0 fully saturated rings. The summed E-state index contributed by atoms with van der Waals surface area (Å²) in [7, 11) is 1.54. The van der Waals surface area contributed by atoms with Crippen LogP contribution >= 0.6 is 11.6 Å². The zero-order valence-electron chi connectivity index (χ0n) is 12.0. The SMILES string of the molecule is COc1ccc(Cl)cc1-c1cc(C(=O)O)cc(-n2cnnn2)c1. The number of hydrogen-bond acceptors (Lipinski definition) is 5. The molecular weight excluding hydrogens is 320 g/mol. The molecule has 0 saturated heterocycles. The van der Waals surface area contributed by atoms with Crippen molar-refractivity contribution in [3.05, 3.63) is 53.3 Å². The van der Waals surface area contributed by atoms with Crippen LogP contribution < -0.4 is 4.74 Å². The lowest BCUT2D eigenvalue weighted by molar-refractivity contribution is 0.0697. The van der Waals surface area contributed by atoms with E-state index in [4.69, 9.17) is 16.3 Å². The van der Waals surface area contributed by atoms with Gasteiger partial charge in [0.1, 0.15) is 12.1 Å². The summed E-state index contributed by atoms with van der Waals surface area (Å²) >= 11 is 6.06. The number of rotatable bonds is 4. The standard InChI is InChI=1S/C15H11ClN4O3/c1-23-14-3-2-11(16)7-13(14)9-4-10(15(21)22)6-12(5-9)20-8-17-18-19-20/h2-8H,1H3,(H,21,22). The summed E-state index contributed by atoms with van der Waals surface area (Å²) in [5.41, 5.74) is 1.94. The Labute approximate surface area is 136 Å². The number of aromatic nitrogens is 4. The van der Waals surface area contributed by atoms with Crippen LogP contribution in [0.15, 0.2) is 42.7 Å². The Morgan fingerprint density at radius 2 is 2.09 bits per heavy atom. The van der Waals surface area contributed by atoms with E-state index < -0.39 is 5.97 Å². The molecule has 116 valence electrons. The molecule has 3 aromatic rings. The van der Waals surface area contributed by atoms with Crippen LogP contribution in [0.25, 0.3) is 16.8 Å². The second-order valence-corrected chi connectivity index (χ2v) is 5.11. The minimum atomic E-state index is -1.05. The number of ether oxygens (including phenoxy) is 1. The maximum Gasteiger partial charge on any atom is 0.335 e. The van der Waals surface area contributed by atoms with Gasteiger partial charge in [0.15, 0.2) is 0 Å². The second-order valence-electron chi connectivity index (χ2n) is 4.67. The van der Waals surface area contributed by atoms with Crippen molar-refractivity contribution in [3.8, 4) is 22.6 Å². The predicted octanol–water partition coefficient (Wildman–Crippen LogP) is 2.69. The molecule has 23 heavy (non-hydrogen) atoms. The molecule has 0 radical (unpaired) electrons. The van der Waals surface area contributed by atoms with Crippen LogP contribution in [0.4, 0.5) is 0 Å². The average Bonchev–Trinajstić information content (AvgIpc) is 3.09. The van der Waals surface area contributed by atoms with Crippen LogP contribution in [0.1, 0.15) is 10.4 Å². The van der Waals surface area contributed by atoms with Gasteiger partial charge in [-0.05, 0) is 52.4 Å². The molecule has 3 rings (SSSR count). The van der Waals surface area contributed by atoms with Crippen molar-refractivity contribution < 1.29 is 14.6 Å². The van der Waals surface area contributed by atoms with E-state index in [0.29, 0.717) is 27.6 Å². The number of methoxy groups -OCH3 is 1. The number of halogens is 1. The summed E-state index contributed by atoms with van der Waals surface area (Å²) in [6, 6.07) is 9.93. The average molecular weight is 331 g/mol. The largest absolute Gasteiger partial charge is 0.496 e. The molecular formula is C15H11ClN4O3. The molecule has 0 aliphatic heterocycles. The normalized spacial score (nSPS) is 10.5. The van der Waals surface area contributed by atoms with Crippen molar-refractivity contribution >= 4 is 17.6 Å². The summed E-state index contributed by atoms with van der Waals surface area (Å²) in [6.45, 7) is 0. The fourth-order valence-corrected chi connectivity index (χ4v) is 2.38. The van der Waals surface area contributed by atoms with Crippen LogP contribution in [0.2, 0.25) is 5.02 Å². The summed E-state index contributed by atoms with van der Waals surface area (Å²) < 4.78 is 6.71. The lowest BCUT2D eigenvalue weighted by atomic mass is 10.0. The number of carboxylic acid groups (broad SMARTS) is 1. The third kappa shape index (κ3) is 3.00. The molecule has 0 unspecified atom stereocenters. The van der Waals surface area contributed by atoms with Gasteiger partial charge < -0.3 is 9.84 Å². The van der Waals surface area contributed by atoms with Gasteiger partial charge in [-0.15, -0.1) is 5.10 Å². The van der Waals surface area contributed by atoms with Gasteiger partial charge in [0, 0.05) is 10.6 Å². The topological polar surface area (TPSA) is 90.1 Å². The third-order valence-electron chi connectivity index (χ3n) is 3.25. The molecule has 1 N–H and O–H groups in total. The smallest absolute Gasteiger partial charge is 0.335 e. The van der Waals surface area contributed by atoms with Crippen molar-refractivity contribution in [2.75, 3.05) is 7.11 Å². The minimum Gasteiger partial charge on any atom is -0.496 e. The van der Waals surface area contributed by atoms with Gasteiger partial charge in [-0.1, -0.05) is 11.6 Å². The van der Waals surface area contributed by atoms with Gasteiger partial charge in [0.2, 0.25) is 0 Å².